The molecule has 1 aromatic heterocycles. The normalized spacial score (nSPS) is 12.2. The second-order valence-corrected chi connectivity index (χ2v) is 7.08. The minimum absolute atomic E-state index is 0.119. The van der Waals surface area contributed by atoms with Gasteiger partial charge in [-0.05, 0) is 43.7 Å². The predicted octanol–water partition coefficient (Wildman–Crippen LogP) is 4.66. The minimum Gasteiger partial charge on any atom is -0.493 e. The van der Waals surface area contributed by atoms with Gasteiger partial charge in [0, 0.05) is 29.8 Å². The molecule has 1 atom stereocenters. The fourth-order valence-corrected chi connectivity index (χ4v) is 3.24. The molecule has 2 aromatic carbocycles. The smallest absolute Gasteiger partial charge is 0.263 e. The highest BCUT2D eigenvalue weighted by atomic mass is 19.3. The quantitative estimate of drug-likeness (QED) is 0.375. The first-order valence-corrected chi connectivity index (χ1v) is 9.75. The van der Waals surface area contributed by atoms with E-state index in [-0.39, 0.29) is 17.3 Å². The van der Waals surface area contributed by atoms with Gasteiger partial charge in [0.1, 0.15) is 18.2 Å². The van der Waals surface area contributed by atoms with Crippen molar-refractivity contribution in [2.45, 2.75) is 26.3 Å². The van der Waals surface area contributed by atoms with Crippen LogP contribution in [0.4, 0.5) is 20.3 Å². The number of methoxy groups -OCH3 is 2. The molecule has 9 heteroatoms. The molecule has 0 radical (unpaired) electrons. The molecule has 166 valence electrons. The van der Waals surface area contributed by atoms with Crippen molar-refractivity contribution >= 4 is 22.4 Å². The number of hydrogen-bond acceptors (Lipinski definition) is 7. The number of nitrogen functional groups attached to an aromatic ring is 1. The number of fused-ring (bicyclic) bond motifs is 1. The lowest BCUT2D eigenvalue weighted by Gasteiger charge is -2.19. The van der Waals surface area contributed by atoms with Gasteiger partial charge in [0.05, 0.1) is 25.3 Å². The molecule has 31 heavy (non-hydrogen) atoms. The summed E-state index contributed by atoms with van der Waals surface area (Å²) in [5.74, 6) is 2.17. The van der Waals surface area contributed by atoms with Crippen LogP contribution in [0.25, 0.3) is 10.9 Å². The second-order valence-electron chi connectivity index (χ2n) is 7.08. The molecule has 7 nitrogen and oxygen atoms in total. The fourth-order valence-electron chi connectivity index (χ4n) is 3.24. The van der Waals surface area contributed by atoms with E-state index < -0.39 is 6.43 Å². The number of ether oxygens (including phenoxy) is 3. The fraction of sp³-hybridized carbons (Fsp3) is 0.364. The van der Waals surface area contributed by atoms with Crippen molar-refractivity contribution in [2.24, 2.45) is 0 Å². The Balaban J connectivity index is 2.00. The van der Waals surface area contributed by atoms with Gasteiger partial charge in [-0.2, -0.15) is 0 Å². The number of hydrogen-bond donors (Lipinski definition) is 2. The summed E-state index contributed by atoms with van der Waals surface area (Å²) in [5, 5.41) is 4.01. The molecule has 0 aliphatic heterocycles. The van der Waals surface area contributed by atoms with Gasteiger partial charge in [-0.3, -0.25) is 0 Å². The highest BCUT2D eigenvalue weighted by Gasteiger charge is 2.17. The van der Waals surface area contributed by atoms with Crippen LogP contribution in [0.2, 0.25) is 0 Å². The van der Waals surface area contributed by atoms with Gasteiger partial charge in [-0.1, -0.05) is 0 Å². The summed E-state index contributed by atoms with van der Waals surface area (Å²) in [7, 11) is 3.15. The zero-order valence-electron chi connectivity index (χ0n) is 17.9. The Bertz CT molecular complexity index is 1060. The molecule has 0 fully saturated rings. The number of benzene rings is 2. The van der Waals surface area contributed by atoms with E-state index in [1.807, 2.05) is 6.92 Å². The van der Waals surface area contributed by atoms with Crippen LogP contribution in [-0.4, -0.2) is 37.4 Å². The third-order valence-corrected chi connectivity index (χ3v) is 4.74. The Morgan fingerprint density at radius 3 is 2.42 bits per heavy atom. The van der Waals surface area contributed by atoms with E-state index in [1.165, 1.54) is 12.1 Å². The van der Waals surface area contributed by atoms with Crippen molar-refractivity contribution in [3.63, 3.8) is 0 Å². The van der Waals surface area contributed by atoms with Gasteiger partial charge in [-0.15, -0.1) is 0 Å². The zero-order valence-corrected chi connectivity index (χ0v) is 17.9. The van der Waals surface area contributed by atoms with Gasteiger partial charge in [0.2, 0.25) is 0 Å². The summed E-state index contributed by atoms with van der Waals surface area (Å²) < 4.78 is 42.6. The van der Waals surface area contributed by atoms with Crippen LogP contribution in [0, 0.1) is 6.92 Å². The molecule has 0 saturated carbocycles. The molecule has 1 heterocycles. The molecule has 0 unspecified atom stereocenters. The predicted molar refractivity (Wildman–Crippen MR) is 116 cm³/mol. The third kappa shape index (κ3) is 5.29. The second kappa shape index (κ2) is 9.74. The monoisotopic (exact) mass is 432 g/mol. The van der Waals surface area contributed by atoms with Crippen LogP contribution in [-0.2, 0) is 4.74 Å². The first kappa shape index (κ1) is 22.5. The van der Waals surface area contributed by atoms with Crippen molar-refractivity contribution < 1.29 is 23.0 Å². The van der Waals surface area contributed by atoms with E-state index in [2.05, 4.69) is 15.3 Å². The van der Waals surface area contributed by atoms with Crippen molar-refractivity contribution in [3.05, 3.63) is 47.3 Å². The highest BCUT2D eigenvalue weighted by Crippen LogP contribution is 2.35. The molecule has 0 aliphatic rings. The maximum absolute atomic E-state index is 13.2. The van der Waals surface area contributed by atoms with E-state index >= 15 is 0 Å². The van der Waals surface area contributed by atoms with E-state index in [4.69, 9.17) is 19.9 Å². The molecular weight excluding hydrogens is 406 g/mol. The van der Waals surface area contributed by atoms with E-state index in [9.17, 15) is 8.78 Å². The van der Waals surface area contributed by atoms with E-state index in [0.29, 0.717) is 52.8 Å². The van der Waals surface area contributed by atoms with Crippen molar-refractivity contribution in [1.82, 2.24) is 9.97 Å². The first-order valence-electron chi connectivity index (χ1n) is 9.75. The maximum Gasteiger partial charge on any atom is 0.263 e. The average molecular weight is 432 g/mol. The van der Waals surface area contributed by atoms with Crippen LogP contribution >= 0.6 is 0 Å². The number of alkyl halides is 2. The lowest BCUT2D eigenvalue weighted by atomic mass is 10.0. The maximum atomic E-state index is 13.2. The summed E-state index contributed by atoms with van der Waals surface area (Å²) in [4.78, 5) is 9.00. The number of nitrogens with two attached hydrogens (primary N) is 1. The van der Waals surface area contributed by atoms with Crippen LogP contribution in [0.5, 0.6) is 11.5 Å². The number of nitrogens with zero attached hydrogens (tertiary/aromatic N) is 2. The number of nitrogens with one attached hydrogen (secondary N) is 1. The molecule has 0 aliphatic carbocycles. The third-order valence-electron chi connectivity index (χ3n) is 4.74. The summed E-state index contributed by atoms with van der Waals surface area (Å²) in [5.41, 5.74) is 7.28. The molecule has 0 amide bonds. The Hall–Kier alpha value is -3.20. The van der Waals surface area contributed by atoms with Crippen LogP contribution in [0.1, 0.15) is 36.3 Å². The summed E-state index contributed by atoms with van der Waals surface area (Å²) in [6, 6.07) is 7.62. The Morgan fingerprint density at radius 2 is 1.74 bits per heavy atom. The van der Waals surface area contributed by atoms with Gasteiger partial charge < -0.3 is 25.3 Å². The Morgan fingerprint density at radius 1 is 1.00 bits per heavy atom. The van der Waals surface area contributed by atoms with Crippen LogP contribution in [0.3, 0.4) is 0 Å². The lowest BCUT2D eigenvalue weighted by molar-refractivity contribution is 0.144. The highest BCUT2D eigenvalue weighted by molar-refractivity contribution is 5.92. The summed E-state index contributed by atoms with van der Waals surface area (Å²) in [6.45, 7) is 4.41. The average Bonchev–Trinajstić information content (AvgIpc) is 2.73. The van der Waals surface area contributed by atoms with Gasteiger partial charge in [0.15, 0.2) is 11.5 Å². The number of halogens is 2. The number of anilines is 2. The zero-order chi connectivity index (χ0) is 22.5. The lowest BCUT2D eigenvalue weighted by Crippen LogP contribution is -2.11. The molecule has 3 aromatic rings. The van der Waals surface area contributed by atoms with E-state index in [1.54, 1.807) is 39.3 Å². The number of rotatable bonds is 9. The topological polar surface area (TPSA) is 91.5 Å². The minimum atomic E-state index is -2.60. The van der Waals surface area contributed by atoms with Crippen molar-refractivity contribution in [2.75, 3.05) is 38.5 Å². The van der Waals surface area contributed by atoms with Crippen LogP contribution < -0.4 is 20.5 Å². The molecule has 0 bridgehead atoms. The summed E-state index contributed by atoms with van der Waals surface area (Å²) >= 11 is 0. The SMILES string of the molecule is COCCOc1cc2c(N[C@H](C)c3cc(N)cc(C(F)F)c3)nc(C)nc2cc1OC. The summed E-state index contributed by atoms with van der Waals surface area (Å²) in [6.07, 6.45) is -2.60. The first-order chi connectivity index (χ1) is 14.8. The molecule has 0 spiro atoms. The largest absolute Gasteiger partial charge is 0.493 e. The molecule has 0 saturated heterocycles. The molecular formula is C22H26F2N4O3. The van der Waals surface area contributed by atoms with Crippen molar-refractivity contribution in [1.29, 1.82) is 0 Å². The van der Waals surface area contributed by atoms with Crippen molar-refractivity contribution in [3.8, 4) is 11.5 Å². The Kier molecular flexibility index (Phi) is 7.06. The molecule has 3 N–H and O–H groups in total. The van der Waals surface area contributed by atoms with Gasteiger partial charge in [0.25, 0.3) is 6.43 Å². The Labute approximate surface area is 179 Å². The standard InChI is InChI=1S/C22H26F2N4O3/c1-12(14-7-15(21(23)24)9-16(25)8-14)26-22-17-10-20(31-6-5-29-3)19(30-4)11-18(17)27-13(2)28-22/h7-12,21H,5-6,25H2,1-4H3,(H,26,27,28)/t12-/m1/s1. The van der Waals surface area contributed by atoms with E-state index in [0.717, 1.165) is 0 Å². The van der Waals surface area contributed by atoms with Gasteiger partial charge >= 0.3 is 0 Å². The molecule has 3 rings (SSSR count). The van der Waals surface area contributed by atoms with Gasteiger partial charge in [-0.25, -0.2) is 18.7 Å². The van der Waals surface area contributed by atoms with Crippen LogP contribution in [0.15, 0.2) is 30.3 Å². The number of aryl methyl sites for hydroxylation is 1. The number of aromatic nitrogens is 2.